The molecule has 0 aliphatic rings. The van der Waals surface area contributed by atoms with Crippen LogP contribution in [0, 0.1) is 6.92 Å². The van der Waals surface area contributed by atoms with E-state index >= 15 is 0 Å². The van der Waals surface area contributed by atoms with Crippen LogP contribution in [0.15, 0.2) is 67.1 Å². The average molecular weight is 384 g/mol. The molecule has 0 saturated carbocycles. The van der Waals surface area contributed by atoms with Crippen molar-refractivity contribution in [1.82, 2.24) is 19.9 Å². The Kier molecular flexibility index (Phi) is 5.49. The number of aryl methyl sites for hydroxylation is 1. The fourth-order valence-electron chi connectivity index (χ4n) is 3.48. The standard InChI is InChI=1S/C24H24N4O/c1-17-4-5-19-13-20(14-28(2)15-21-10-11-25-16-26-21)24(27-23(19)12-17)18-6-8-22(29-3)9-7-18/h4-13,16H,14-15H2,1-3H3. The third kappa shape index (κ3) is 4.41. The summed E-state index contributed by atoms with van der Waals surface area (Å²) < 4.78 is 5.31. The number of rotatable bonds is 6. The summed E-state index contributed by atoms with van der Waals surface area (Å²) in [6, 6.07) is 18.7. The van der Waals surface area contributed by atoms with Gasteiger partial charge in [-0.3, -0.25) is 4.90 Å². The van der Waals surface area contributed by atoms with Crippen molar-refractivity contribution in [3.8, 4) is 17.0 Å². The molecule has 5 nitrogen and oxygen atoms in total. The van der Waals surface area contributed by atoms with Crippen LogP contribution in [0.2, 0.25) is 0 Å². The smallest absolute Gasteiger partial charge is 0.118 e. The number of pyridine rings is 1. The monoisotopic (exact) mass is 384 g/mol. The van der Waals surface area contributed by atoms with Crippen molar-refractivity contribution in [1.29, 1.82) is 0 Å². The molecule has 146 valence electrons. The van der Waals surface area contributed by atoms with Gasteiger partial charge in [-0.25, -0.2) is 15.0 Å². The summed E-state index contributed by atoms with van der Waals surface area (Å²) >= 11 is 0. The highest BCUT2D eigenvalue weighted by Gasteiger charge is 2.13. The molecule has 2 aromatic heterocycles. The zero-order valence-corrected chi connectivity index (χ0v) is 17.0. The Morgan fingerprint density at radius 1 is 0.966 bits per heavy atom. The van der Waals surface area contributed by atoms with Crippen molar-refractivity contribution < 1.29 is 4.74 Å². The van der Waals surface area contributed by atoms with Gasteiger partial charge in [0.15, 0.2) is 0 Å². The van der Waals surface area contributed by atoms with Crippen molar-refractivity contribution in [2.24, 2.45) is 0 Å². The Labute approximate surface area is 171 Å². The number of nitrogens with zero attached hydrogens (tertiary/aromatic N) is 4. The van der Waals surface area contributed by atoms with Crippen LogP contribution in [0.5, 0.6) is 5.75 Å². The molecule has 4 rings (SSSR count). The molecular weight excluding hydrogens is 360 g/mol. The first kappa shape index (κ1) is 19.0. The van der Waals surface area contributed by atoms with Gasteiger partial charge in [0.2, 0.25) is 0 Å². The molecular formula is C24H24N4O. The first-order valence-electron chi connectivity index (χ1n) is 9.60. The quantitative estimate of drug-likeness (QED) is 0.485. The number of hydrogen-bond acceptors (Lipinski definition) is 5. The van der Waals surface area contributed by atoms with E-state index in [2.05, 4.69) is 65.2 Å². The highest BCUT2D eigenvalue weighted by molar-refractivity contribution is 5.84. The van der Waals surface area contributed by atoms with Gasteiger partial charge in [0.1, 0.15) is 12.1 Å². The number of fused-ring (bicyclic) bond motifs is 1. The van der Waals surface area contributed by atoms with E-state index in [4.69, 9.17) is 9.72 Å². The lowest BCUT2D eigenvalue weighted by Gasteiger charge is -2.19. The molecule has 0 N–H and O–H groups in total. The number of aromatic nitrogens is 3. The minimum absolute atomic E-state index is 0.747. The zero-order valence-electron chi connectivity index (χ0n) is 17.0. The molecule has 0 unspecified atom stereocenters. The summed E-state index contributed by atoms with van der Waals surface area (Å²) in [5.41, 5.74) is 6.48. The molecule has 2 heterocycles. The zero-order chi connectivity index (χ0) is 20.2. The van der Waals surface area contributed by atoms with Crippen molar-refractivity contribution in [3.05, 3.63) is 83.9 Å². The first-order valence-corrected chi connectivity index (χ1v) is 9.60. The Morgan fingerprint density at radius 3 is 2.52 bits per heavy atom. The summed E-state index contributed by atoms with van der Waals surface area (Å²) in [6.45, 7) is 3.61. The molecule has 0 bridgehead atoms. The number of methoxy groups -OCH3 is 1. The Bertz CT molecular complexity index is 1110. The largest absolute Gasteiger partial charge is 0.497 e. The van der Waals surface area contributed by atoms with E-state index in [0.717, 1.165) is 46.7 Å². The second-order valence-corrected chi connectivity index (χ2v) is 7.29. The predicted octanol–water partition coefficient (Wildman–Crippen LogP) is 4.64. The van der Waals surface area contributed by atoms with Crippen LogP contribution in [-0.4, -0.2) is 34.0 Å². The highest BCUT2D eigenvalue weighted by atomic mass is 16.5. The summed E-state index contributed by atoms with van der Waals surface area (Å²) in [6.07, 6.45) is 3.37. The van der Waals surface area contributed by atoms with E-state index < -0.39 is 0 Å². The molecule has 29 heavy (non-hydrogen) atoms. The maximum absolute atomic E-state index is 5.31. The Hall–Kier alpha value is -3.31. The highest BCUT2D eigenvalue weighted by Crippen LogP contribution is 2.28. The van der Waals surface area contributed by atoms with Crippen molar-refractivity contribution in [3.63, 3.8) is 0 Å². The predicted molar refractivity (Wildman–Crippen MR) is 116 cm³/mol. The summed E-state index contributed by atoms with van der Waals surface area (Å²) in [4.78, 5) is 15.6. The molecule has 0 amide bonds. The van der Waals surface area contributed by atoms with Gasteiger partial charge in [-0.2, -0.15) is 0 Å². The minimum Gasteiger partial charge on any atom is -0.497 e. The number of benzene rings is 2. The van der Waals surface area contributed by atoms with E-state index in [9.17, 15) is 0 Å². The van der Waals surface area contributed by atoms with Crippen LogP contribution in [0.25, 0.3) is 22.2 Å². The van der Waals surface area contributed by atoms with Gasteiger partial charge < -0.3 is 4.74 Å². The third-order valence-corrected chi connectivity index (χ3v) is 4.93. The van der Waals surface area contributed by atoms with Gasteiger partial charge in [0.05, 0.1) is 24.0 Å². The molecule has 2 aromatic carbocycles. The van der Waals surface area contributed by atoms with Gasteiger partial charge in [0.25, 0.3) is 0 Å². The SMILES string of the molecule is COc1ccc(-c2nc3cc(C)ccc3cc2CN(C)Cc2ccncn2)cc1. The number of hydrogen-bond donors (Lipinski definition) is 0. The molecule has 0 fully saturated rings. The first-order chi connectivity index (χ1) is 14.1. The Balaban J connectivity index is 1.72. The maximum Gasteiger partial charge on any atom is 0.118 e. The van der Waals surface area contributed by atoms with Gasteiger partial charge in [-0.05, 0) is 67.6 Å². The molecule has 0 spiro atoms. The van der Waals surface area contributed by atoms with Crippen LogP contribution in [0.3, 0.4) is 0 Å². The Morgan fingerprint density at radius 2 is 1.79 bits per heavy atom. The van der Waals surface area contributed by atoms with Crippen LogP contribution >= 0.6 is 0 Å². The topological polar surface area (TPSA) is 51.1 Å². The normalized spacial score (nSPS) is 11.2. The number of ether oxygens (including phenoxy) is 1. The van der Waals surface area contributed by atoms with E-state index in [1.54, 1.807) is 19.6 Å². The lowest BCUT2D eigenvalue weighted by atomic mass is 10.0. The fourth-order valence-corrected chi connectivity index (χ4v) is 3.48. The van der Waals surface area contributed by atoms with E-state index in [1.165, 1.54) is 11.1 Å². The van der Waals surface area contributed by atoms with Crippen LogP contribution in [-0.2, 0) is 13.1 Å². The summed E-state index contributed by atoms with van der Waals surface area (Å²) in [5, 5.41) is 1.15. The molecule has 0 radical (unpaired) electrons. The third-order valence-electron chi connectivity index (χ3n) is 4.93. The lowest BCUT2D eigenvalue weighted by Crippen LogP contribution is -2.18. The van der Waals surface area contributed by atoms with Crippen LogP contribution in [0.1, 0.15) is 16.8 Å². The van der Waals surface area contributed by atoms with Gasteiger partial charge >= 0.3 is 0 Å². The lowest BCUT2D eigenvalue weighted by molar-refractivity contribution is 0.315. The molecule has 0 aliphatic heterocycles. The van der Waals surface area contributed by atoms with Gasteiger partial charge in [0, 0.05) is 30.2 Å². The van der Waals surface area contributed by atoms with Crippen LogP contribution in [0.4, 0.5) is 0 Å². The van der Waals surface area contributed by atoms with E-state index in [0.29, 0.717) is 0 Å². The van der Waals surface area contributed by atoms with Crippen LogP contribution < -0.4 is 4.74 Å². The molecule has 0 atom stereocenters. The van der Waals surface area contributed by atoms with Gasteiger partial charge in [-0.15, -0.1) is 0 Å². The molecule has 5 heteroatoms. The van der Waals surface area contributed by atoms with E-state index in [1.807, 2.05) is 18.2 Å². The fraction of sp³-hybridized carbons (Fsp3) is 0.208. The van der Waals surface area contributed by atoms with E-state index in [-0.39, 0.29) is 0 Å². The average Bonchev–Trinajstić information content (AvgIpc) is 2.74. The second kappa shape index (κ2) is 8.37. The molecule has 0 aliphatic carbocycles. The second-order valence-electron chi connectivity index (χ2n) is 7.29. The maximum atomic E-state index is 5.31. The van der Waals surface area contributed by atoms with Crippen molar-refractivity contribution in [2.45, 2.75) is 20.0 Å². The van der Waals surface area contributed by atoms with Gasteiger partial charge in [-0.1, -0.05) is 12.1 Å². The van der Waals surface area contributed by atoms with Crippen molar-refractivity contribution >= 4 is 10.9 Å². The molecule has 4 aromatic rings. The molecule has 0 saturated heterocycles. The summed E-state index contributed by atoms with van der Waals surface area (Å²) in [7, 11) is 3.78. The minimum atomic E-state index is 0.747. The summed E-state index contributed by atoms with van der Waals surface area (Å²) in [5.74, 6) is 0.841. The van der Waals surface area contributed by atoms with Crippen molar-refractivity contribution in [2.75, 3.05) is 14.2 Å².